The number of primary amides is 1. The molecule has 2 amide bonds. The minimum atomic E-state index is -0.548. The number of carbonyl (C=O) groups excluding carboxylic acids is 1. The lowest BCUT2D eigenvalue weighted by atomic mass is 10.2. The van der Waals surface area contributed by atoms with E-state index in [0.29, 0.717) is 23.7 Å². The number of urea groups is 1. The number of rotatable bonds is 5. The lowest BCUT2D eigenvalue weighted by Crippen LogP contribution is -2.33. The maximum Gasteiger partial charge on any atom is 0.312 e. The summed E-state index contributed by atoms with van der Waals surface area (Å²) in [6, 6.07) is 4.73. The Kier molecular flexibility index (Phi) is 4.99. The molecule has 1 aromatic rings. The van der Waals surface area contributed by atoms with Gasteiger partial charge in [-0.15, -0.1) is 0 Å². The molecule has 92 valence electrons. The second-order valence-corrected chi connectivity index (χ2v) is 4.12. The van der Waals surface area contributed by atoms with Crippen LogP contribution in [0.15, 0.2) is 18.2 Å². The maximum atomic E-state index is 10.4. The fourth-order valence-electron chi connectivity index (χ4n) is 1.22. The van der Waals surface area contributed by atoms with Crippen molar-refractivity contribution in [2.45, 2.75) is 0 Å². The first-order chi connectivity index (χ1) is 8.00. The summed E-state index contributed by atoms with van der Waals surface area (Å²) in [7, 11) is 0. The number of hydrogen-bond acceptors (Lipinski definition) is 3. The zero-order valence-electron chi connectivity index (χ0n) is 9.00. The lowest BCUT2D eigenvalue weighted by molar-refractivity contribution is 0.249. The van der Waals surface area contributed by atoms with Gasteiger partial charge in [0.2, 0.25) is 0 Å². The number of nitrogens with one attached hydrogen (secondary N) is 2. The number of halogens is 1. The minimum absolute atomic E-state index is 0.261. The average molecular weight is 273 g/mol. The topological polar surface area (TPSA) is 93.2 Å². The van der Waals surface area contributed by atoms with Crippen LogP contribution in [-0.4, -0.2) is 24.1 Å². The van der Waals surface area contributed by atoms with Gasteiger partial charge < -0.3 is 22.1 Å². The Hall–Kier alpha value is -1.53. The van der Waals surface area contributed by atoms with Crippen LogP contribution in [0.5, 0.6) is 0 Å². The standard InChI is InChI=1S/C10H13ClN4OS/c11-8-5-6(1-2-7(8)9(12)17)14-3-4-15-10(13)16/h1-2,5,14H,3-4H2,(H2,12,17)(H3,13,15,16). The number of benzene rings is 1. The predicted molar refractivity (Wildman–Crippen MR) is 73.4 cm³/mol. The highest BCUT2D eigenvalue weighted by Gasteiger charge is 2.03. The largest absolute Gasteiger partial charge is 0.389 e. The molecule has 6 N–H and O–H groups in total. The van der Waals surface area contributed by atoms with E-state index in [1.807, 2.05) is 6.07 Å². The lowest BCUT2D eigenvalue weighted by Gasteiger charge is -2.09. The van der Waals surface area contributed by atoms with Gasteiger partial charge >= 0.3 is 6.03 Å². The molecule has 0 atom stereocenters. The number of anilines is 1. The molecule has 5 nitrogen and oxygen atoms in total. The van der Waals surface area contributed by atoms with E-state index in [-0.39, 0.29) is 4.99 Å². The Bertz CT molecular complexity index is 438. The highest BCUT2D eigenvalue weighted by molar-refractivity contribution is 7.80. The summed E-state index contributed by atoms with van der Waals surface area (Å²) >= 11 is 10.8. The van der Waals surface area contributed by atoms with Crippen LogP contribution in [0.4, 0.5) is 10.5 Å². The fraction of sp³-hybridized carbons (Fsp3) is 0.200. The highest BCUT2D eigenvalue weighted by atomic mass is 35.5. The Morgan fingerprint density at radius 3 is 2.59 bits per heavy atom. The van der Waals surface area contributed by atoms with Crippen LogP contribution in [0.2, 0.25) is 5.02 Å². The van der Waals surface area contributed by atoms with E-state index in [0.717, 1.165) is 5.69 Å². The van der Waals surface area contributed by atoms with Crippen molar-refractivity contribution in [1.82, 2.24) is 5.32 Å². The van der Waals surface area contributed by atoms with E-state index in [4.69, 9.17) is 35.3 Å². The molecule has 0 fully saturated rings. The van der Waals surface area contributed by atoms with E-state index in [1.54, 1.807) is 12.1 Å². The Balaban J connectivity index is 2.53. The third kappa shape index (κ3) is 4.46. The van der Waals surface area contributed by atoms with Crippen LogP contribution in [0.1, 0.15) is 5.56 Å². The van der Waals surface area contributed by atoms with Crippen LogP contribution in [0.3, 0.4) is 0 Å². The molecule has 0 aliphatic carbocycles. The molecule has 7 heteroatoms. The predicted octanol–water partition coefficient (Wildman–Crippen LogP) is 1.05. The molecule has 0 saturated carbocycles. The molecule has 0 bridgehead atoms. The van der Waals surface area contributed by atoms with Crippen LogP contribution < -0.4 is 22.1 Å². The zero-order valence-corrected chi connectivity index (χ0v) is 10.6. The Morgan fingerprint density at radius 2 is 2.06 bits per heavy atom. The molecule has 0 aliphatic rings. The molecular weight excluding hydrogens is 260 g/mol. The van der Waals surface area contributed by atoms with Crippen molar-refractivity contribution in [3.05, 3.63) is 28.8 Å². The van der Waals surface area contributed by atoms with Gasteiger partial charge in [-0.2, -0.15) is 0 Å². The summed E-state index contributed by atoms with van der Waals surface area (Å²) < 4.78 is 0. The van der Waals surface area contributed by atoms with Gasteiger partial charge in [0.25, 0.3) is 0 Å². The summed E-state index contributed by atoms with van der Waals surface area (Å²) in [5.41, 5.74) is 11.9. The number of carbonyl (C=O) groups is 1. The van der Waals surface area contributed by atoms with Crippen LogP contribution >= 0.6 is 23.8 Å². The first-order valence-electron chi connectivity index (χ1n) is 4.87. The van der Waals surface area contributed by atoms with Crippen molar-refractivity contribution in [3.8, 4) is 0 Å². The molecule has 0 heterocycles. The molecule has 1 rings (SSSR count). The van der Waals surface area contributed by atoms with Gasteiger partial charge in [-0.25, -0.2) is 4.79 Å². The van der Waals surface area contributed by atoms with E-state index in [1.165, 1.54) is 0 Å². The van der Waals surface area contributed by atoms with Crippen molar-refractivity contribution in [1.29, 1.82) is 0 Å². The molecule has 0 radical (unpaired) electrons. The summed E-state index contributed by atoms with van der Waals surface area (Å²) in [5, 5.41) is 6.02. The second kappa shape index (κ2) is 6.27. The van der Waals surface area contributed by atoms with Gasteiger partial charge in [0.05, 0.1) is 5.02 Å². The van der Waals surface area contributed by atoms with Crippen LogP contribution in [0.25, 0.3) is 0 Å². The van der Waals surface area contributed by atoms with E-state index in [9.17, 15) is 4.79 Å². The molecule has 0 saturated heterocycles. The summed E-state index contributed by atoms with van der Waals surface area (Å²) in [6.45, 7) is 0.982. The molecule has 0 spiro atoms. The second-order valence-electron chi connectivity index (χ2n) is 3.28. The third-order valence-electron chi connectivity index (χ3n) is 1.99. The maximum absolute atomic E-state index is 10.4. The van der Waals surface area contributed by atoms with Crippen molar-refractivity contribution in [3.63, 3.8) is 0 Å². The molecule has 17 heavy (non-hydrogen) atoms. The highest BCUT2D eigenvalue weighted by Crippen LogP contribution is 2.20. The van der Waals surface area contributed by atoms with E-state index in [2.05, 4.69) is 10.6 Å². The summed E-state index contributed by atoms with van der Waals surface area (Å²) in [6.07, 6.45) is 0. The van der Waals surface area contributed by atoms with E-state index >= 15 is 0 Å². The van der Waals surface area contributed by atoms with Crippen LogP contribution in [0, 0.1) is 0 Å². The number of hydrogen-bond donors (Lipinski definition) is 4. The van der Waals surface area contributed by atoms with Gasteiger partial charge in [-0.1, -0.05) is 23.8 Å². The Labute approximate surface area is 109 Å². The monoisotopic (exact) mass is 272 g/mol. The first kappa shape index (κ1) is 13.5. The molecule has 0 aromatic heterocycles. The summed E-state index contributed by atoms with van der Waals surface area (Å²) in [5.74, 6) is 0. The third-order valence-corrected chi connectivity index (χ3v) is 2.52. The Morgan fingerprint density at radius 1 is 1.35 bits per heavy atom. The SMILES string of the molecule is NC(=O)NCCNc1ccc(C(N)=S)c(Cl)c1. The van der Waals surface area contributed by atoms with Gasteiger partial charge in [0, 0.05) is 24.3 Å². The van der Waals surface area contributed by atoms with Gasteiger partial charge in [-0.05, 0) is 18.2 Å². The van der Waals surface area contributed by atoms with Gasteiger partial charge in [0.1, 0.15) is 4.99 Å². The number of amides is 2. The van der Waals surface area contributed by atoms with Crippen molar-refractivity contribution in [2.24, 2.45) is 11.5 Å². The van der Waals surface area contributed by atoms with Gasteiger partial charge in [0.15, 0.2) is 0 Å². The van der Waals surface area contributed by atoms with E-state index < -0.39 is 6.03 Å². The molecule has 1 aromatic carbocycles. The fourth-order valence-corrected chi connectivity index (χ4v) is 1.73. The molecular formula is C10H13ClN4OS. The smallest absolute Gasteiger partial charge is 0.312 e. The molecule has 0 unspecified atom stereocenters. The first-order valence-corrected chi connectivity index (χ1v) is 5.66. The van der Waals surface area contributed by atoms with Crippen LogP contribution in [-0.2, 0) is 0 Å². The normalized spacial score (nSPS) is 9.71. The number of thiocarbonyl (C=S) groups is 1. The minimum Gasteiger partial charge on any atom is -0.389 e. The quantitative estimate of drug-likeness (QED) is 0.476. The zero-order chi connectivity index (χ0) is 12.8. The average Bonchev–Trinajstić information content (AvgIpc) is 2.23. The van der Waals surface area contributed by atoms with Crippen molar-refractivity contribution in [2.75, 3.05) is 18.4 Å². The summed E-state index contributed by atoms with van der Waals surface area (Å²) in [4.78, 5) is 10.7. The number of nitrogens with two attached hydrogens (primary N) is 2. The van der Waals surface area contributed by atoms with Gasteiger partial charge in [-0.3, -0.25) is 0 Å². The van der Waals surface area contributed by atoms with Crippen molar-refractivity contribution >= 4 is 40.5 Å². The van der Waals surface area contributed by atoms with Crippen molar-refractivity contribution < 1.29 is 4.79 Å². The molecule has 0 aliphatic heterocycles.